The van der Waals surface area contributed by atoms with Gasteiger partial charge in [0, 0.05) is 5.56 Å². The quantitative estimate of drug-likeness (QED) is 0.852. The van der Waals surface area contributed by atoms with E-state index in [1.807, 2.05) is 13.0 Å². The zero-order valence-corrected chi connectivity index (χ0v) is 12.1. The summed E-state index contributed by atoms with van der Waals surface area (Å²) in [5, 5.41) is 12.5. The molecule has 1 unspecified atom stereocenters. The Balaban J connectivity index is 2.15. The van der Waals surface area contributed by atoms with Crippen molar-refractivity contribution < 1.29 is 9.90 Å². The van der Waals surface area contributed by atoms with E-state index in [4.69, 9.17) is 23.2 Å². The fourth-order valence-electron chi connectivity index (χ4n) is 1.75. The summed E-state index contributed by atoms with van der Waals surface area (Å²) >= 11 is 11.5. The molecule has 4 nitrogen and oxygen atoms in total. The third-order valence-electron chi connectivity index (χ3n) is 2.74. The van der Waals surface area contributed by atoms with E-state index in [9.17, 15) is 9.90 Å². The molecule has 0 spiro atoms. The first-order valence-corrected chi connectivity index (χ1v) is 6.64. The number of carbonyl (C=O) groups is 1. The Kier molecular flexibility index (Phi) is 4.47. The lowest BCUT2D eigenvalue weighted by Crippen LogP contribution is -2.26. The first kappa shape index (κ1) is 14.6. The molecule has 6 heteroatoms. The standard InChI is InChI=1S/C14H12Cl2N2O2/c1-8(9-3-2-4-11(19)5-9)17-14(20)10-6-12(15)18-13(16)7-10/h2-8,19H,1H3,(H,17,20). The molecule has 1 aromatic carbocycles. The summed E-state index contributed by atoms with van der Waals surface area (Å²) in [6.45, 7) is 1.82. The minimum atomic E-state index is -0.313. The SMILES string of the molecule is CC(NC(=O)c1cc(Cl)nc(Cl)c1)c1cccc(O)c1. The zero-order valence-electron chi connectivity index (χ0n) is 10.6. The maximum absolute atomic E-state index is 12.1. The number of halogens is 2. The van der Waals surface area contributed by atoms with Crippen molar-refractivity contribution in [2.24, 2.45) is 0 Å². The molecule has 2 N–H and O–H groups in total. The molecular weight excluding hydrogens is 299 g/mol. The summed E-state index contributed by atoms with van der Waals surface area (Å²) in [5.74, 6) is -0.161. The van der Waals surface area contributed by atoms with Crippen LogP contribution in [0.25, 0.3) is 0 Å². The van der Waals surface area contributed by atoms with Gasteiger partial charge in [0.1, 0.15) is 16.1 Å². The predicted octanol–water partition coefficient (Wildman–Crippen LogP) is 3.59. The number of hydrogen-bond acceptors (Lipinski definition) is 3. The fourth-order valence-corrected chi connectivity index (χ4v) is 2.21. The summed E-state index contributed by atoms with van der Waals surface area (Å²) in [6.07, 6.45) is 0. The van der Waals surface area contributed by atoms with Crippen LogP contribution >= 0.6 is 23.2 Å². The molecular formula is C14H12Cl2N2O2. The molecule has 2 rings (SSSR count). The lowest BCUT2D eigenvalue weighted by molar-refractivity contribution is 0.0939. The van der Waals surface area contributed by atoms with E-state index in [1.165, 1.54) is 12.1 Å². The highest BCUT2D eigenvalue weighted by molar-refractivity contribution is 6.33. The Labute approximate surface area is 126 Å². The van der Waals surface area contributed by atoms with Crippen LogP contribution in [-0.2, 0) is 0 Å². The van der Waals surface area contributed by atoms with Crippen molar-refractivity contribution >= 4 is 29.1 Å². The van der Waals surface area contributed by atoms with Crippen molar-refractivity contribution in [2.75, 3.05) is 0 Å². The normalized spacial score (nSPS) is 11.9. The molecule has 1 amide bonds. The average Bonchev–Trinajstić information content (AvgIpc) is 2.37. The van der Waals surface area contributed by atoms with Crippen molar-refractivity contribution in [2.45, 2.75) is 13.0 Å². The first-order valence-electron chi connectivity index (χ1n) is 5.88. The highest BCUT2D eigenvalue weighted by Crippen LogP contribution is 2.19. The Bertz CT molecular complexity index is 627. The molecule has 0 aliphatic rings. The van der Waals surface area contributed by atoms with Crippen LogP contribution in [0, 0.1) is 0 Å². The van der Waals surface area contributed by atoms with Gasteiger partial charge in [-0.25, -0.2) is 4.98 Å². The molecule has 0 fully saturated rings. The largest absolute Gasteiger partial charge is 0.508 e. The van der Waals surface area contributed by atoms with Crippen molar-refractivity contribution in [3.8, 4) is 5.75 Å². The van der Waals surface area contributed by atoms with E-state index in [-0.39, 0.29) is 28.0 Å². The summed E-state index contributed by atoms with van der Waals surface area (Å²) in [4.78, 5) is 15.9. The summed E-state index contributed by atoms with van der Waals surface area (Å²) in [7, 11) is 0. The second-order valence-electron chi connectivity index (χ2n) is 4.29. The maximum atomic E-state index is 12.1. The molecule has 0 aliphatic carbocycles. The maximum Gasteiger partial charge on any atom is 0.251 e. The summed E-state index contributed by atoms with van der Waals surface area (Å²) < 4.78 is 0. The average molecular weight is 311 g/mol. The van der Waals surface area contributed by atoms with Crippen LogP contribution in [0.15, 0.2) is 36.4 Å². The lowest BCUT2D eigenvalue weighted by Gasteiger charge is -2.14. The van der Waals surface area contributed by atoms with Crippen LogP contribution in [0.5, 0.6) is 5.75 Å². The van der Waals surface area contributed by atoms with Crippen LogP contribution in [0.2, 0.25) is 10.3 Å². The number of phenolic OH excluding ortho intramolecular Hbond substituents is 1. The highest BCUT2D eigenvalue weighted by atomic mass is 35.5. The lowest BCUT2D eigenvalue weighted by atomic mass is 10.1. The van der Waals surface area contributed by atoms with Crippen LogP contribution < -0.4 is 5.32 Å². The molecule has 1 heterocycles. The Hall–Kier alpha value is -1.78. The third-order valence-corrected chi connectivity index (χ3v) is 3.13. The van der Waals surface area contributed by atoms with Crippen LogP contribution in [0.1, 0.15) is 28.9 Å². The molecule has 104 valence electrons. The van der Waals surface area contributed by atoms with E-state index < -0.39 is 0 Å². The Morgan fingerprint density at radius 1 is 1.25 bits per heavy atom. The molecule has 2 aromatic rings. The fraction of sp³-hybridized carbons (Fsp3) is 0.143. The number of nitrogens with one attached hydrogen (secondary N) is 1. The number of carbonyl (C=O) groups excluding carboxylic acids is 1. The summed E-state index contributed by atoms with van der Waals surface area (Å²) in [6, 6.07) is 9.32. The Morgan fingerprint density at radius 2 is 1.90 bits per heavy atom. The zero-order chi connectivity index (χ0) is 14.7. The van der Waals surface area contributed by atoms with Gasteiger partial charge in [0.2, 0.25) is 0 Å². The minimum Gasteiger partial charge on any atom is -0.508 e. The first-order chi connectivity index (χ1) is 9.45. The minimum absolute atomic E-state index is 0.151. The van der Waals surface area contributed by atoms with Gasteiger partial charge in [0.05, 0.1) is 6.04 Å². The van der Waals surface area contributed by atoms with E-state index in [0.29, 0.717) is 5.56 Å². The van der Waals surface area contributed by atoms with Crippen molar-refractivity contribution in [3.63, 3.8) is 0 Å². The van der Waals surface area contributed by atoms with Gasteiger partial charge in [0.25, 0.3) is 5.91 Å². The summed E-state index contributed by atoms with van der Waals surface area (Å²) in [5.41, 5.74) is 1.13. The molecule has 1 atom stereocenters. The highest BCUT2D eigenvalue weighted by Gasteiger charge is 2.13. The third kappa shape index (κ3) is 3.62. The number of aromatic hydroxyl groups is 1. The number of phenols is 1. The second-order valence-corrected chi connectivity index (χ2v) is 5.07. The molecule has 0 radical (unpaired) electrons. The number of nitrogens with zero attached hydrogens (tertiary/aromatic N) is 1. The monoisotopic (exact) mass is 310 g/mol. The van der Waals surface area contributed by atoms with Crippen molar-refractivity contribution in [1.29, 1.82) is 0 Å². The molecule has 0 bridgehead atoms. The van der Waals surface area contributed by atoms with Gasteiger partial charge < -0.3 is 10.4 Å². The van der Waals surface area contributed by atoms with Crippen LogP contribution in [0.4, 0.5) is 0 Å². The van der Waals surface area contributed by atoms with Gasteiger partial charge in [-0.2, -0.15) is 0 Å². The number of aromatic nitrogens is 1. The second kappa shape index (κ2) is 6.11. The van der Waals surface area contributed by atoms with Gasteiger partial charge in [-0.05, 0) is 36.8 Å². The molecule has 0 aliphatic heterocycles. The number of pyridine rings is 1. The smallest absolute Gasteiger partial charge is 0.251 e. The van der Waals surface area contributed by atoms with E-state index in [2.05, 4.69) is 10.3 Å². The number of benzene rings is 1. The number of rotatable bonds is 3. The van der Waals surface area contributed by atoms with Crippen LogP contribution in [0.3, 0.4) is 0 Å². The number of hydrogen-bond donors (Lipinski definition) is 2. The van der Waals surface area contributed by atoms with E-state index >= 15 is 0 Å². The van der Waals surface area contributed by atoms with Gasteiger partial charge in [0.15, 0.2) is 0 Å². The Morgan fingerprint density at radius 3 is 2.50 bits per heavy atom. The van der Waals surface area contributed by atoms with Gasteiger partial charge in [-0.15, -0.1) is 0 Å². The van der Waals surface area contributed by atoms with Crippen molar-refractivity contribution in [3.05, 3.63) is 57.8 Å². The van der Waals surface area contributed by atoms with Crippen LogP contribution in [-0.4, -0.2) is 16.0 Å². The topological polar surface area (TPSA) is 62.2 Å². The molecule has 0 saturated carbocycles. The van der Waals surface area contributed by atoms with E-state index in [0.717, 1.165) is 5.56 Å². The molecule has 1 aromatic heterocycles. The predicted molar refractivity (Wildman–Crippen MR) is 78.2 cm³/mol. The van der Waals surface area contributed by atoms with Gasteiger partial charge in [-0.3, -0.25) is 4.79 Å². The van der Waals surface area contributed by atoms with Gasteiger partial charge >= 0.3 is 0 Å². The van der Waals surface area contributed by atoms with Gasteiger partial charge in [-0.1, -0.05) is 35.3 Å². The molecule has 0 saturated heterocycles. The van der Waals surface area contributed by atoms with E-state index in [1.54, 1.807) is 18.2 Å². The van der Waals surface area contributed by atoms with Crippen molar-refractivity contribution in [1.82, 2.24) is 10.3 Å². The number of amides is 1. The molecule has 20 heavy (non-hydrogen) atoms.